The number of anilines is 1. The van der Waals surface area contributed by atoms with Crippen molar-refractivity contribution in [3.8, 4) is 0 Å². The highest BCUT2D eigenvalue weighted by Gasteiger charge is 2.31. The van der Waals surface area contributed by atoms with Gasteiger partial charge in [0, 0.05) is 28.7 Å². The highest BCUT2D eigenvalue weighted by atomic mass is 32.2. The number of esters is 1. The van der Waals surface area contributed by atoms with E-state index in [9.17, 15) is 26.4 Å². The molecule has 2 heterocycles. The molecule has 1 N–H and O–H groups in total. The van der Waals surface area contributed by atoms with Crippen LogP contribution in [0.5, 0.6) is 0 Å². The number of carbonyl (C=O) groups is 2. The molecular formula is C20H24N2O7S2. The van der Waals surface area contributed by atoms with E-state index in [1.807, 2.05) is 4.57 Å². The minimum Gasteiger partial charge on any atom is -0.454 e. The molecule has 1 aromatic carbocycles. The van der Waals surface area contributed by atoms with Gasteiger partial charge in [0.1, 0.15) is 0 Å². The average Bonchev–Trinajstić information content (AvgIpc) is 3.16. The van der Waals surface area contributed by atoms with Gasteiger partial charge in [0.15, 0.2) is 16.4 Å². The molecule has 1 fully saturated rings. The molecule has 0 spiro atoms. The second-order valence-electron chi connectivity index (χ2n) is 7.67. The SMILES string of the molecule is Cc1cc(C(=O)COC(=O)c2cccc(NS(C)(=O)=O)c2)c(C)n1C1CCS(=O)(=O)C1. The number of aromatic nitrogens is 1. The molecular weight excluding hydrogens is 444 g/mol. The van der Waals surface area contributed by atoms with Crippen molar-refractivity contribution in [2.24, 2.45) is 0 Å². The molecule has 1 saturated heterocycles. The van der Waals surface area contributed by atoms with Crippen molar-refractivity contribution in [3.05, 3.63) is 52.8 Å². The summed E-state index contributed by atoms with van der Waals surface area (Å²) in [5.41, 5.74) is 2.09. The molecule has 9 nitrogen and oxygen atoms in total. The normalized spacial score (nSPS) is 18.0. The monoisotopic (exact) mass is 468 g/mol. The molecule has 0 radical (unpaired) electrons. The van der Waals surface area contributed by atoms with E-state index in [0.29, 0.717) is 17.7 Å². The Morgan fingerprint density at radius 1 is 1.23 bits per heavy atom. The van der Waals surface area contributed by atoms with E-state index in [1.54, 1.807) is 19.9 Å². The maximum Gasteiger partial charge on any atom is 0.338 e. The van der Waals surface area contributed by atoms with Crippen molar-refractivity contribution >= 4 is 37.3 Å². The van der Waals surface area contributed by atoms with Gasteiger partial charge in [0.2, 0.25) is 15.8 Å². The molecule has 1 aliphatic heterocycles. The summed E-state index contributed by atoms with van der Waals surface area (Å²) in [5, 5.41) is 0. The summed E-state index contributed by atoms with van der Waals surface area (Å²) in [6.45, 7) is 3.06. The summed E-state index contributed by atoms with van der Waals surface area (Å²) in [5.74, 6) is -0.993. The van der Waals surface area contributed by atoms with Gasteiger partial charge in [-0.3, -0.25) is 9.52 Å². The second-order valence-corrected chi connectivity index (χ2v) is 11.6. The summed E-state index contributed by atoms with van der Waals surface area (Å²) < 4.78 is 55.6. The summed E-state index contributed by atoms with van der Waals surface area (Å²) in [6, 6.07) is 7.22. The Hall–Kier alpha value is -2.66. The van der Waals surface area contributed by atoms with Crippen molar-refractivity contribution in [1.29, 1.82) is 0 Å². The number of rotatable bonds is 7. The van der Waals surface area contributed by atoms with Crippen LogP contribution in [0.2, 0.25) is 0 Å². The van der Waals surface area contributed by atoms with Crippen LogP contribution < -0.4 is 4.72 Å². The summed E-state index contributed by atoms with van der Waals surface area (Å²) >= 11 is 0. The summed E-state index contributed by atoms with van der Waals surface area (Å²) in [6.07, 6.45) is 1.49. The van der Waals surface area contributed by atoms with Gasteiger partial charge in [-0.15, -0.1) is 0 Å². The van der Waals surface area contributed by atoms with Gasteiger partial charge in [-0.2, -0.15) is 0 Å². The zero-order valence-corrected chi connectivity index (χ0v) is 19.0. The second kappa shape index (κ2) is 8.46. The number of ketones is 1. The molecule has 11 heteroatoms. The smallest absolute Gasteiger partial charge is 0.338 e. The molecule has 3 rings (SSSR count). The molecule has 0 aliphatic carbocycles. The van der Waals surface area contributed by atoms with E-state index in [4.69, 9.17) is 4.74 Å². The largest absolute Gasteiger partial charge is 0.454 e. The first kappa shape index (κ1) is 23.0. The Kier molecular flexibility index (Phi) is 6.28. The molecule has 0 bridgehead atoms. The topological polar surface area (TPSA) is 129 Å². The average molecular weight is 469 g/mol. The number of sulfonamides is 1. The van der Waals surface area contributed by atoms with Crippen LogP contribution in [0.4, 0.5) is 5.69 Å². The Labute approximate surface area is 181 Å². The number of nitrogens with one attached hydrogen (secondary N) is 1. The molecule has 1 atom stereocenters. The van der Waals surface area contributed by atoms with Crippen LogP contribution >= 0.6 is 0 Å². The fraction of sp³-hybridized carbons (Fsp3) is 0.400. The van der Waals surface area contributed by atoms with Crippen LogP contribution in [-0.2, 0) is 24.6 Å². The zero-order valence-electron chi connectivity index (χ0n) is 17.4. The highest BCUT2D eigenvalue weighted by Crippen LogP contribution is 2.29. The number of aryl methyl sites for hydroxylation is 1. The number of nitrogens with zero attached hydrogens (tertiary/aromatic N) is 1. The first-order valence-electron chi connectivity index (χ1n) is 9.53. The van der Waals surface area contributed by atoms with Crippen LogP contribution in [0, 0.1) is 13.8 Å². The number of carbonyl (C=O) groups excluding carboxylic acids is 2. The van der Waals surface area contributed by atoms with E-state index in [2.05, 4.69) is 4.72 Å². The quantitative estimate of drug-likeness (QED) is 0.485. The van der Waals surface area contributed by atoms with Crippen LogP contribution in [0.15, 0.2) is 30.3 Å². The van der Waals surface area contributed by atoms with E-state index < -0.39 is 38.2 Å². The maximum atomic E-state index is 12.7. The van der Waals surface area contributed by atoms with Crippen molar-refractivity contribution < 1.29 is 31.2 Å². The lowest BCUT2D eigenvalue weighted by Gasteiger charge is -2.16. The Balaban J connectivity index is 1.70. The number of Topliss-reactive ketones (excluding diaryl/α,β-unsaturated/α-hetero) is 1. The van der Waals surface area contributed by atoms with Crippen molar-refractivity contribution in [2.45, 2.75) is 26.3 Å². The Morgan fingerprint density at radius 3 is 2.55 bits per heavy atom. The van der Waals surface area contributed by atoms with E-state index in [1.165, 1.54) is 24.3 Å². The fourth-order valence-electron chi connectivity index (χ4n) is 3.82. The number of ether oxygens (including phenoxy) is 1. The van der Waals surface area contributed by atoms with Gasteiger partial charge in [0.25, 0.3) is 0 Å². The van der Waals surface area contributed by atoms with Crippen molar-refractivity contribution in [1.82, 2.24) is 4.57 Å². The molecule has 2 aromatic rings. The Morgan fingerprint density at radius 2 is 1.94 bits per heavy atom. The molecule has 31 heavy (non-hydrogen) atoms. The number of hydrogen-bond donors (Lipinski definition) is 1. The van der Waals surface area contributed by atoms with Gasteiger partial charge in [-0.1, -0.05) is 6.07 Å². The number of hydrogen-bond acceptors (Lipinski definition) is 7. The fourth-order valence-corrected chi connectivity index (χ4v) is 6.07. The molecule has 168 valence electrons. The zero-order chi connectivity index (χ0) is 23.0. The summed E-state index contributed by atoms with van der Waals surface area (Å²) in [4.78, 5) is 25.0. The van der Waals surface area contributed by atoms with Crippen LogP contribution in [0.1, 0.15) is 44.6 Å². The molecule has 1 aromatic heterocycles. The first-order chi connectivity index (χ1) is 14.4. The summed E-state index contributed by atoms with van der Waals surface area (Å²) in [7, 11) is -6.57. The minimum atomic E-state index is -3.50. The van der Waals surface area contributed by atoms with Gasteiger partial charge >= 0.3 is 5.97 Å². The van der Waals surface area contributed by atoms with E-state index in [-0.39, 0.29) is 28.8 Å². The molecule has 0 saturated carbocycles. The van der Waals surface area contributed by atoms with Gasteiger partial charge in [-0.05, 0) is 44.5 Å². The third kappa shape index (κ3) is 5.53. The predicted octanol–water partition coefficient (Wildman–Crippen LogP) is 1.88. The molecule has 0 amide bonds. The van der Waals surface area contributed by atoms with E-state index in [0.717, 1.165) is 11.9 Å². The molecule has 1 unspecified atom stereocenters. The maximum absolute atomic E-state index is 12.7. The first-order valence-corrected chi connectivity index (χ1v) is 13.2. The third-order valence-electron chi connectivity index (χ3n) is 5.09. The lowest BCUT2D eigenvalue weighted by molar-refractivity contribution is 0.0474. The van der Waals surface area contributed by atoms with Crippen LogP contribution in [0.25, 0.3) is 0 Å². The van der Waals surface area contributed by atoms with Crippen molar-refractivity contribution in [3.63, 3.8) is 0 Å². The Bertz CT molecular complexity index is 1240. The lowest BCUT2D eigenvalue weighted by Crippen LogP contribution is -2.17. The highest BCUT2D eigenvalue weighted by molar-refractivity contribution is 7.92. The van der Waals surface area contributed by atoms with Gasteiger partial charge < -0.3 is 9.30 Å². The number of sulfone groups is 1. The minimum absolute atomic E-state index is 0.0455. The predicted molar refractivity (Wildman–Crippen MR) is 116 cm³/mol. The number of benzene rings is 1. The van der Waals surface area contributed by atoms with E-state index >= 15 is 0 Å². The van der Waals surface area contributed by atoms with Crippen LogP contribution in [-0.4, -0.2) is 57.5 Å². The standard InChI is InChI=1S/C20H24N2O7S2/c1-13-9-18(14(2)22(13)17-7-8-31(27,28)12-17)19(23)11-29-20(24)15-5-4-6-16(10-15)21-30(3,25)26/h4-6,9-10,17,21H,7-8,11-12H2,1-3H3. The van der Waals surface area contributed by atoms with Gasteiger partial charge in [-0.25, -0.2) is 21.6 Å². The van der Waals surface area contributed by atoms with Crippen molar-refractivity contribution in [2.75, 3.05) is 29.1 Å². The third-order valence-corrected chi connectivity index (χ3v) is 7.45. The van der Waals surface area contributed by atoms with Crippen LogP contribution in [0.3, 0.4) is 0 Å². The lowest BCUT2D eigenvalue weighted by atomic mass is 10.1. The van der Waals surface area contributed by atoms with Gasteiger partial charge in [0.05, 0.1) is 23.3 Å². The molecule has 1 aliphatic rings.